The van der Waals surface area contributed by atoms with Gasteiger partial charge in [-0.05, 0) is 81.0 Å². The molecule has 0 aromatic rings. The van der Waals surface area contributed by atoms with Gasteiger partial charge in [-0.3, -0.25) is 9.59 Å². The van der Waals surface area contributed by atoms with E-state index in [-0.39, 0.29) is 37.0 Å². The zero-order chi connectivity index (χ0) is 35.5. The molecule has 270 valence electrons. The van der Waals surface area contributed by atoms with Gasteiger partial charge in [-0.15, -0.1) is 0 Å². The molecule has 0 saturated heterocycles. The molecular formula is C39H78O6. The first kappa shape index (κ1) is 46.0. The number of hydrogen-bond acceptors (Lipinski definition) is 6. The maximum absolute atomic E-state index is 12.9. The highest BCUT2D eigenvalue weighted by Gasteiger charge is 2.46. The molecule has 0 aromatic heterocycles. The summed E-state index contributed by atoms with van der Waals surface area (Å²) in [5.74, 6) is 2.01. The molecule has 0 aliphatic heterocycles. The van der Waals surface area contributed by atoms with E-state index < -0.39 is 23.0 Å². The Morgan fingerprint density at radius 3 is 1.31 bits per heavy atom. The van der Waals surface area contributed by atoms with Gasteiger partial charge in [-0.2, -0.15) is 0 Å². The number of ether oxygens (including phenoxy) is 2. The average molecular weight is 643 g/mol. The molecule has 0 heterocycles. The van der Waals surface area contributed by atoms with Crippen molar-refractivity contribution in [3.63, 3.8) is 0 Å². The van der Waals surface area contributed by atoms with Crippen LogP contribution in [0.1, 0.15) is 162 Å². The van der Waals surface area contributed by atoms with Crippen molar-refractivity contribution in [2.45, 2.75) is 174 Å². The lowest BCUT2D eigenvalue weighted by Gasteiger charge is -2.41. The van der Waals surface area contributed by atoms with Crippen molar-refractivity contribution in [2.24, 2.45) is 52.3 Å². The van der Waals surface area contributed by atoms with Crippen molar-refractivity contribution in [1.29, 1.82) is 0 Å². The smallest absolute Gasteiger partial charge is 0.312 e. The Kier molecular flexibility index (Phi) is 23.7. The van der Waals surface area contributed by atoms with Gasteiger partial charge in [0.05, 0.1) is 23.0 Å². The lowest BCUT2D eigenvalue weighted by atomic mass is 9.63. The van der Waals surface area contributed by atoms with Crippen LogP contribution >= 0.6 is 0 Å². The first-order chi connectivity index (χ1) is 20.8. The van der Waals surface area contributed by atoms with Gasteiger partial charge in [-0.25, -0.2) is 0 Å². The van der Waals surface area contributed by atoms with Crippen LogP contribution in [0.25, 0.3) is 0 Å². The summed E-state index contributed by atoms with van der Waals surface area (Å²) in [7, 11) is 0. The number of esters is 2. The third-order valence-corrected chi connectivity index (χ3v) is 10.3. The Hall–Kier alpha value is -1.14. The van der Waals surface area contributed by atoms with Crippen LogP contribution < -0.4 is 0 Å². The minimum atomic E-state index is -0.566. The van der Waals surface area contributed by atoms with Gasteiger partial charge in [0.25, 0.3) is 0 Å². The molecule has 6 heteroatoms. The van der Waals surface area contributed by atoms with E-state index in [0.29, 0.717) is 42.4 Å². The van der Waals surface area contributed by atoms with Crippen molar-refractivity contribution in [3.8, 4) is 0 Å². The molecule has 0 saturated carbocycles. The zero-order valence-corrected chi connectivity index (χ0v) is 32.5. The summed E-state index contributed by atoms with van der Waals surface area (Å²) in [5, 5.41) is 19.9. The number of aliphatic hydroxyl groups excluding tert-OH is 2. The Morgan fingerprint density at radius 2 is 1.00 bits per heavy atom. The molecule has 2 N–H and O–H groups in total. The molecule has 6 nitrogen and oxygen atoms in total. The molecule has 0 aromatic carbocycles. The van der Waals surface area contributed by atoms with Crippen LogP contribution in [0.2, 0.25) is 0 Å². The van der Waals surface area contributed by atoms with Crippen molar-refractivity contribution < 1.29 is 29.3 Å². The maximum atomic E-state index is 12.9. The predicted octanol–water partition coefficient (Wildman–Crippen LogP) is 9.88. The predicted molar refractivity (Wildman–Crippen MR) is 190 cm³/mol. The topological polar surface area (TPSA) is 93.1 Å². The lowest BCUT2D eigenvalue weighted by Crippen LogP contribution is -2.44. The SMILES string of the molecule is CCCCC(C(C)C)C(C)(C(=O)OCC(O)CC(C)C)C(C)C.CCCCC(CC)C(C)(C(=O)OCC(O)CC(C)C)C(C)C. The number of rotatable bonds is 22. The Balaban J connectivity index is 0. The highest BCUT2D eigenvalue weighted by Crippen LogP contribution is 2.44. The number of carbonyl (C=O) groups is 2. The third-order valence-electron chi connectivity index (χ3n) is 10.3. The second-order valence-electron chi connectivity index (χ2n) is 15.9. The monoisotopic (exact) mass is 643 g/mol. The van der Waals surface area contributed by atoms with Crippen molar-refractivity contribution in [3.05, 3.63) is 0 Å². The Bertz CT molecular complexity index is 775. The third kappa shape index (κ3) is 16.0. The van der Waals surface area contributed by atoms with E-state index in [9.17, 15) is 19.8 Å². The van der Waals surface area contributed by atoms with E-state index >= 15 is 0 Å². The van der Waals surface area contributed by atoms with Crippen LogP contribution in [0.5, 0.6) is 0 Å². The zero-order valence-electron chi connectivity index (χ0n) is 32.5. The van der Waals surface area contributed by atoms with E-state index in [1.807, 2.05) is 6.92 Å². The summed E-state index contributed by atoms with van der Waals surface area (Å²) in [6, 6.07) is 0. The van der Waals surface area contributed by atoms with Gasteiger partial charge in [0.1, 0.15) is 13.2 Å². The van der Waals surface area contributed by atoms with Crippen molar-refractivity contribution >= 4 is 11.9 Å². The van der Waals surface area contributed by atoms with E-state index in [1.165, 1.54) is 0 Å². The van der Waals surface area contributed by atoms with Gasteiger partial charge in [0.2, 0.25) is 0 Å². The molecule has 0 spiro atoms. The van der Waals surface area contributed by atoms with Gasteiger partial charge in [0.15, 0.2) is 0 Å². The largest absolute Gasteiger partial charge is 0.463 e. The molecule has 0 bridgehead atoms. The summed E-state index contributed by atoms with van der Waals surface area (Å²) < 4.78 is 11.1. The van der Waals surface area contributed by atoms with E-state index in [4.69, 9.17) is 9.47 Å². The minimum Gasteiger partial charge on any atom is -0.463 e. The number of carbonyl (C=O) groups excluding carboxylic acids is 2. The fraction of sp³-hybridized carbons (Fsp3) is 0.949. The highest BCUT2D eigenvalue weighted by molar-refractivity contribution is 5.77. The van der Waals surface area contributed by atoms with Gasteiger partial charge in [0, 0.05) is 0 Å². The summed E-state index contributed by atoms with van der Waals surface area (Å²) in [6.07, 6.45) is 7.86. The lowest BCUT2D eigenvalue weighted by molar-refractivity contribution is -0.167. The number of hydrogen-bond donors (Lipinski definition) is 2. The van der Waals surface area contributed by atoms with E-state index in [1.54, 1.807) is 0 Å². The second-order valence-corrected chi connectivity index (χ2v) is 15.9. The van der Waals surface area contributed by atoms with Gasteiger partial charge >= 0.3 is 11.9 Å². The molecule has 0 radical (unpaired) electrons. The first-order valence-electron chi connectivity index (χ1n) is 18.5. The van der Waals surface area contributed by atoms with Crippen molar-refractivity contribution in [1.82, 2.24) is 0 Å². The fourth-order valence-corrected chi connectivity index (χ4v) is 6.70. The molecule has 6 unspecified atom stereocenters. The summed E-state index contributed by atoms with van der Waals surface area (Å²) in [5.41, 5.74) is -0.970. The fourth-order valence-electron chi connectivity index (χ4n) is 6.70. The molecule has 0 amide bonds. The summed E-state index contributed by atoms with van der Waals surface area (Å²) >= 11 is 0. The maximum Gasteiger partial charge on any atom is 0.312 e. The first-order valence-corrected chi connectivity index (χ1v) is 18.5. The molecule has 0 aliphatic rings. The van der Waals surface area contributed by atoms with Gasteiger partial charge in [-0.1, -0.05) is 122 Å². The minimum absolute atomic E-state index is 0.109. The molecule has 0 aliphatic carbocycles. The summed E-state index contributed by atoms with van der Waals surface area (Å²) in [4.78, 5) is 25.6. The Labute approximate surface area is 280 Å². The summed E-state index contributed by atoms with van der Waals surface area (Å²) in [6.45, 7) is 31.9. The molecule has 0 rings (SSSR count). The molecule has 6 atom stereocenters. The molecule has 45 heavy (non-hydrogen) atoms. The highest BCUT2D eigenvalue weighted by atomic mass is 16.5. The number of aliphatic hydroxyl groups is 2. The van der Waals surface area contributed by atoms with E-state index in [0.717, 1.165) is 44.9 Å². The van der Waals surface area contributed by atoms with Crippen LogP contribution in [0.15, 0.2) is 0 Å². The normalized spacial score (nSPS) is 17.4. The Morgan fingerprint density at radius 1 is 0.622 bits per heavy atom. The van der Waals surface area contributed by atoms with Crippen LogP contribution in [0.3, 0.4) is 0 Å². The van der Waals surface area contributed by atoms with Crippen molar-refractivity contribution in [2.75, 3.05) is 13.2 Å². The van der Waals surface area contributed by atoms with Crippen LogP contribution in [0.4, 0.5) is 0 Å². The van der Waals surface area contributed by atoms with E-state index in [2.05, 4.69) is 96.9 Å². The molecular weight excluding hydrogens is 564 g/mol. The van der Waals surface area contributed by atoms with Crippen LogP contribution in [0, 0.1) is 52.3 Å². The van der Waals surface area contributed by atoms with Gasteiger partial charge < -0.3 is 19.7 Å². The van der Waals surface area contributed by atoms with Crippen LogP contribution in [-0.2, 0) is 19.1 Å². The van der Waals surface area contributed by atoms with Crippen LogP contribution in [-0.4, -0.2) is 47.6 Å². The molecule has 0 fully saturated rings. The average Bonchev–Trinajstić information content (AvgIpc) is 2.93. The standard InChI is InChI=1S/C20H40O3.C19H38O3/c1-9-10-11-18(15(4)5)20(8,16(6)7)19(22)23-13-17(21)12-14(2)3;1-8-10-11-16(9-2)19(7,15(5)6)18(21)22-13-17(20)12-14(3)4/h14-18,21H,9-13H2,1-8H3;14-17,20H,8-13H2,1-7H3. The quantitative estimate of drug-likeness (QED) is 0.114. The second kappa shape index (κ2) is 23.2. The number of unbranched alkanes of at least 4 members (excludes halogenated alkanes) is 2.